The van der Waals surface area contributed by atoms with E-state index >= 15 is 0 Å². The largest absolute Gasteiger partial charge is 0.550 e. The van der Waals surface area contributed by atoms with Gasteiger partial charge in [0.1, 0.15) is 0 Å². The summed E-state index contributed by atoms with van der Waals surface area (Å²) in [7, 11) is 1.27. The van der Waals surface area contributed by atoms with Gasteiger partial charge < -0.3 is 14.6 Å². The van der Waals surface area contributed by atoms with E-state index in [4.69, 9.17) is 0 Å². The Morgan fingerprint density at radius 2 is 1.92 bits per heavy atom. The fourth-order valence-corrected chi connectivity index (χ4v) is 1.68. The summed E-state index contributed by atoms with van der Waals surface area (Å²) in [5.41, 5.74) is 0. The molecule has 0 aromatic carbocycles. The number of ether oxygens (including phenoxy) is 1. The van der Waals surface area contributed by atoms with Crippen LogP contribution in [0.4, 0.5) is 0 Å². The number of methoxy groups -OCH3 is 1. The molecule has 1 aliphatic carbocycles. The van der Waals surface area contributed by atoms with E-state index in [2.05, 4.69) is 4.74 Å². The SMILES string of the molecule is COC(=O)[C@@H]1CCC[C@@H]1C(=O)[O-]. The molecule has 0 unspecified atom stereocenters. The molecule has 4 nitrogen and oxygen atoms in total. The summed E-state index contributed by atoms with van der Waals surface area (Å²) >= 11 is 0. The zero-order valence-corrected chi connectivity index (χ0v) is 6.91. The Hall–Kier alpha value is -1.06. The van der Waals surface area contributed by atoms with E-state index in [1.807, 2.05) is 0 Å². The van der Waals surface area contributed by atoms with Crippen molar-refractivity contribution in [2.24, 2.45) is 11.8 Å². The van der Waals surface area contributed by atoms with Gasteiger partial charge in [0.05, 0.1) is 13.0 Å². The van der Waals surface area contributed by atoms with Crippen molar-refractivity contribution in [1.29, 1.82) is 0 Å². The van der Waals surface area contributed by atoms with Gasteiger partial charge in [-0.25, -0.2) is 0 Å². The van der Waals surface area contributed by atoms with E-state index in [0.717, 1.165) is 6.42 Å². The molecule has 0 spiro atoms. The lowest BCUT2D eigenvalue weighted by molar-refractivity contribution is -0.312. The topological polar surface area (TPSA) is 66.4 Å². The van der Waals surface area contributed by atoms with Crippen molar-refractivity contribution in [1.82, 2.24) is 0 Å². The average molecular weight is 171 g/mol. The second-order valence-electron chi connectivity index (χ2n) is 2.99. The molecule has 0 N–H and O–H groups in total. The van der Waals surface area contributed by atoms with E-state index in [1.54, 1.807) is 0 Å². The lowest BCUT2D eigenvalue weighted by Gasteiger charge is -2.17. The molecule has 1 saturated carbocycles. The van der Waals surface area contributed by atoms with Gasteiger partial charge in [-0.3, -0.25) is 4.79 Å². The van der Waals surface area contributed by atoms with Crippen LogP contribution in [0.25, 0.3) is 0 Å². The maximum absolute atomic E-state index is 11.0. The van der Waals surface area contributed by atoms with Crippen LogP contribution in [0.1, 0.15) is 19.3 Å². The Labute approximate surface area is 70.5 Å². The van der Waals surface area contributed by atoms with Crippen LogP contribution in [0.3, 0.4) is 0 Å². The minimum atomic E-state index is -1.14. The summed E-state index contributed by atoms with van der Waals surface area (Å²) in [5, 5.41) is 10.5. The Morgan fingerprint density at radius 1 is 1.33 bits per heavy atom. The molecular formula is C8H11O4-. The third kappa shape index (κ3) is 1.57. The molecule has 0 bridgehead atoms. The summed E-state index contributed by atoms with van der Waals surface area (Å²) in [6.45, 7) is 0. The van der Waals surface area contributed by atoms with Gasteiger partial charge in [-0.1, -0.05) is 6.42 Å². The van der Waals surface area contributed by atoms with Crippen molar-refractivity contribution in [3.05, 3.63) is 0 Å². The molecule has 0 aromatic heterocycles. The van der Waals surface area contributed by atoms with Gasteiger partial charge in [0.25, 0.3) is 0 Å². The van der Waals surface area contributed by atoms with Crippen LogP contribution in [0.15, 0.2) is 0 Å². The minimum Gasteiger partial charge on any atom is -0.550 e. The van der Waals surface area contributed by atoms with Crippen molar-refractivity contribution in [2.75, 3.05) is 7.11 Å². The number of aliphatic carboxylic acids is 1. The highest BCUT2D eigenvalue weighted by Gasteiger charge is 2.34. The van der Waals surface area contributed by atoms with Crippen LogP contribution in [-0.2, 0) is 14.3 Å². The highest BCUT2D eigenvalue weighted by molar-refractivity contribution is 5.80. The highest BCUT2D eigenvalue weighted by Crippen LogP contribution is 2.31. The van der Waals surface area contributed by atoms with Crippen LogP contribution in [-0.4, -0.2) is 19.0 Å². The molecule has 0 saturated heterocycles. The van der Waals surface area contributed by atoms with Crippen molar-refractivity contribution < 1.29 is 19.4 Å². The fourth-order valence-electron chi connectivity index (χ4n) is 1.68. The number of carboxylic acids is 1. The number of carboxylic acid groups (broad SMARTS) is 1. The molecule has 0 heterocycles. The van der Waals surface area contributed by atoms with Crippen LogP contribution in [0.5, 0.6) is 0 Å². The van der Waals surface area contributed by atoms with Gasteiger partial charge in [-0.2, -0.15) is 0 Å². The summed E-state index contributed by atoms with van der Waals surface area (Å²) < 4.78 is 4.48. The van der Waals surface area contributed by atoms with Crippen LogP contribution in [0, 0.1) is 11.8 Å². The Balaban J connectivity index is 2.63. The van der Waals surface area contributed by atoms with Crippen molar-refractivity contribution >= 4 is 11.9 Å². The standard InChI is InChI=1S/C8H12O4/c1-12-8(11)6-4-2-3-5(6)7(9)10/h5-6H,2-4H2,1H3,(H,9,10)/p-1/t5-,6+/m0/s1. The monoisotopic (exact) mass is 171 g/mol. The van der Waals surface area contributed by atoms with E-state index in [9.17, 15) is 14.7 Å². The third-order valence-corrected chi connectivity index (χ3v) is 2.32. The zero-order valence-electron chi connectivity index (χ0n) is 6.91. The average Bonchev–Trinajstić information content (AvgIpc) is 2.50. The van der Waals surface area contributed by atoms with Crippen molar-refractivity contribution in [3.63, 3.8) is 0 Å². The number of esters is 1. The number of hydrogen-bond donors (Lipinski definition) is 0. The second-order valence-corrected chi connectivity index (χ2v) is 2.99. The molecule has 4 heteroatoms. The summed E-state index contributed by atoms with van der Waals surface area (Å²) in [4.78, 5) is 21.5. The summed E-state index contributed by atoms with van der Waals surface area (Å²) in [5.74, 6) is -2.69. The molecule has 1 fully saturated rings. The predicted octanol–water partition coefficient (Wildman–Crippen LogP) is -0.674. The van der Waals surface area contributed by atoms with E-state index in [-0.39, 0.29) is 0 Å². The van der Waals surface area contributed by atoms with E-state index < -0.39 is 23.8 Å². The first-order chi connectivity index (χ1) is 5.66. The lowest BCUT2D eigenvalue weighted by atomic mass is 9.97. The van der Waals surface area contributed by atoms with Gasteiger partial charge in [-0.05, 0) is 12.8 Å². The van der Waals surface area contributed by atoms with Gasteiger partial charge in [0, 0.05) is 11.9 Å². The van der Waals surface area contributed by atoms with Crippen LogP contribution in [0.2, 0.25) is 0 Å². The predicted molar refractivity (Wildman–Crippen MR) is 37.9 cm³/mol. The summed E-state index contributed by atoms with van der Waals surface area (Å²) in [6, 6.07) is 0. The first-order valence-corrected chi connectivity index (χ1v) is 3.95. The molecule has 0 radical (unpaired) electrons. The maximum Gasteiger partial charge on any atom is 0.309 e. The lowest BCUT2D eigenvalue weighted by Crippen LogP contribution is -2.36. The quantitative estimate of drug-likeness (QED) is 0.516. The van der Waals surface area contributed by atoms with E-state index in [0.29, 0.717) is 12.8 Å². The van der Waals surface area contributed by atoms with Gasteiger partial charge in [-0.15, -0.1) is 0 Å². The van der Waals surface area contributed by atoms with Gasteiger partial charge in [0.2, 0.25) is 0 Å². The molecule has 0 aromatic rings. The number of carbonyl (C=O) groups excluding carboxylic acids is 2. The number of hydrogen-bond acceptors (Lipinski definition) is 4. The molecular weight excluding hydrogens is 160 g/mol. The van der Waals surface area contributed by atoms with Crippen molar-refractivity contribution in [3.8, 4) is 0 Å². The fraction of sp³-hybridized carbons (Fsp3) is 0.750. The normalized spacial score (nSPS) is 28.4. The number of carbonyl (C=O) groups is 2. The van der Waals surface area contributed by atoms with E-state index in [1.165, 1.54) is 7.11 Å². The van der Waals surface area contributed by atoms with Crippen LogP contribution >= 0.6 is 0 Å². The molecule has 68 valence electrons. The molecule has 2 atom stereocenters. The highest BCUT2D eigenvalue weighted by atomic mass is 16.5. The number of rotatable bonds is 2. The maximum atomic E-state index is 11.0. The third-order valence-electron chi connectivity index (χ3n) is 2.32. The first-order valence-electron chi connectivity index (χ1n) is 3.95. The first kappa shape index (κ1) is 9.03. The Morgan fingerprint density at radius 3 is 2.42 bits per heavy atom. The Bertz CT molecular complexity index is 199. The van der Waals surface area contributed by atoms with Crippen molar-refractivity contribution in [2.45, 2.75) is 19.3 Å². The summed E-state index contributed by atoms with van der Waals surface area (Å²) in [6.07, 6.45) is 1.89. The van der Waals surface area contributed by atoms with Gasteiger partial charge in [0.15, 0.2) is 0 Å². The zero-order chi connectivity index (χ0) is 9.14. The molecule has 1 aliphatic rings. The molecule has 0 aliphatic heterocycles. The smallest absolute Gasteiger partial charge is 0.309 e. The molecule has 0 amide bonds. The minimum absolute atomic E-state index is 0.429. The second kappa shape index (κ2) is 3.56. The Kier molecular flexibility index (Phi) is 2.68. The van der Waals surface area contributed by atoms with Gasteiger partial charge >= 0.3 is 5.97 Å². The molecule has 12 heavy (non-hydrogen) atoms. The molecule has 1 rings (SSSR count). The van der Waals surface area contributed by atoms with Crippen LogP contribution < -0.4 is 5.11 Å².